The Morgan fingerprint density at radius 2 is 2.17 bits per heavy atom. The number of ether oxygens (including phenoxy) is 2. The molecule has 1 saturated heterocycles. The largest absolute Gasteiger partial charge is 0.493 e. The lowest BCUT2D eigenvalue weighted by molar-refractivity contribution is 0.310. The molecule has 1 unspecified atom stereocenters. The molecule has 0 radical (unpaired) electrons. The molecule has 0 spiro atoms. The molecule has 3 heteroatoms. The van der Waals surface area contributed by atoms with E-state index in [0.717, 1.165) is 24.5 Å². The Bertz CT molecular complexity index is 397. The van der Waals surface area contributed by atoms with Crippen LogP contribution in [-0.2, 0) is 6.42 Å². The van der Waals surface area contributed by atoms with Gasteiger partial charge in [0.05, 0.1) is 13.7 Å². The third-order valence-corrected chi connectivity index (χ3v) is 3.58. The zero-order valence-corrected chi connectivity index (χ0v) is 11.6. The van der Waals surface area contributed by atoms with Crippen LogP contribution in [0.2, 0.25) is 0 Å². The van der Waals surface area contributed by atoms with Crippen molar-refractivity contribution < 1.29 is 9.47 Å². The van der Waals surface area contributed by atoms with Crippen molar-refractivity contribution in [2.75, 3.05) is 20.3 Å². The van der Waals surface area contributed by atoms with Crippen LogP contribution < -0.4 is 14.8 Å². The Labute approximate surface area is 109 Å². The molecule has 1 N–H and O–H groups in total. The van der Waals surface area contributed by atoms with Crippen molar-refractivity contribution in [1.29, 1.82) is 0 Å². The predicted molar refractivity (Wildman–Crippen MR) is 73.5 cm³/mol. The lowest BCUT2D eigenvalue weighted by atomic mass is 9.91. The van der Waals surface area contributed by atoms with E-state index >= 15 is 0 Å². The normalized spacial score (nSPS) is 23.1. The molecule has 0 bridgehead atoms. The van der Waals surface area contributed by atoms with Crippen LogP contribution in [0, 0.1) is 0 Å². The molecule has 1 heterocycles. The van der Waals surface area contributed by atoms with Crippen LogP contribution in [0.15, 0.2) is 18.2 Å². The summed E-state index contributed by atoms with van der Waals surface area (Å²) in [6.45, 7) is 6.08. The quantitative estimate of drug-likeness (QED) is 0.870. The minimum Gasteiger partial charge on any atom is -0.493 e. The molecule has 0 aromatic heterocycles. The van der Waals surface area contributed by atoms with Crippen molar-refractivity contribution in [3.63, 3.8) is 0 Å². The summed E-state index contributed by atoms with van der Waals surface area (Å²) in [5.41, 5.74) is 1.54. The van der Waals surface area contributed by atoms with E-state index in [4.69, 9.17) is 9.47 Å². The summed E-state index contributed by atoms with van der Waals surface area (Å²) in [6, 6.07) is 6.23. The molecule has 0 saturated carbocycles. The Hall–Kier alpha value is -1.22. The van der Waals surface area contributed by atoms with Crippen LogP contribution in [0.1, 0.15) is 32.3 Å². The summed E-state index contributed by atoms with van der Waals surface area (Å²) in [4.78, 5) is 0. The summed E-state index contributed by atoms with van der Waals surface area (Å²) in [5, 5.41) is 3.59. The van der Waals surface area contributed by atoms with Gasteiger partial charge in [-0.25, -0.2) is 0 Å². The summed E-state index contributed by atoms with van der Waals surface area (Å²) in [6.07, 6.45) is 3.55. The van der Waals surface area contributed by atoms with E-state index in [0.29, 0.717) is 6.61 Å². The summed E-state index contributed by atoms with van der Waals surface area (Å²) >= 11 is 0. The van der Waals surface area contributed by atoms with Crippen molar-refractivity contribution in [1.82, 2.24) is 5.32 Å². The number of methoxy groups -OCH3 is 1. The molecule has 1 aliphatic heterocycles. The Morgan fingerprint density at radius 3 is 2.78 bits per heavy atom. The second-order valence-electron chi connectivity index (χ2n) is 5.19. The monoisotopic (exact) mass is 249 g/mol. The number of benzene rings is 1. The minimum absolute atomic E-state index is 0.234. The van der Waals surface area contributed by atoms with Gasteiger partial charge in [-0.15, -0.1) is 0 Å². The van der Waals surface area contributed by atoms with Gasteiger partial charge in [0.25, 0.3) is 0 Å². The Balaban J connectivity index is 2.15. The number of hydrogen-bond acceptors (Lipinski definition) is 3. The van der Waals surface area contributed by atoms with Gasteiger partial charge in [-0.05, 0) is 57.4 Å². The van der Waals surface area contributed by atoms with Gasteiger partial charge in [-0.1, -0.05) is 6.07 Å². The van der Waals surface area contributed by atoms with E-state index in [1.807, 2.05) is 13.0 Å². The van der Waals surface area contributed by atoms with Gasteiger partial charge in [0.2, 0.25) is 0 Å². The molecule has 1 aromatic carbocycles. The van der Waals surface area contributed by atoms with E-state index in [2.05, 4.69) is 24.4 Å². The van der Waals surface area contributed by atoms with E-state index in [1.54, 1.807) is 7.11 Å². The van der Waals surface area contributed by atoms with Crippen LogP contribution in [0.5, 0.6) is 11.5 Å². The topological polar surface area (TPSA) is 30.5 Å². The summed E-state index contributed by atoms with van der Waals surface area (Å²) in [5.74, 6) is 1.66. The van der Waals surface area contributed by atoms with Crippen LogP contribution in [0.4, 0.5) is 0 Å². The van der Waals surface area contributed by atoms with Crippen LogP contribution in [0.3, 0.4) is 0 Å². The van der Waals surface area contributed by atoms with Gasteiger partial charge in [0.15, 0.2) is 11.5 Å². The molecule has 1 aromatic rings. The number of rotatable bonds is 5. The SMILES string of the molecule is CCOc1cc(CC2(C)CCCN2)ccc1OC. The van der Waals surface area contributed by atoms with E-state index in [1.165, 1.54) is 18.4 Å². The fourth-order valence-corrected chi connectivity index (χ4v) is 2.66. The zero-order valence-electron chi connectivity index (χ0n) is 11.6. The average Bonchev–Trinajstić information content (AvgIpc) is 2.77. The highest BCUT2D eigenvalue weighted by Gasteiger charge is 2.28. The third kappa shape index (κ3) is 2.96. The van der Waals surface area contributed by atoms with Crippen molar-refractivity contribution in [2.45, 2.75) is 38.6 Å². The molecule has 2 rings (SSSR count). The first kappa shape index (κ1) is 13.2. The maximum absolute atomic E-state index is 5.62. The number of hydrogen-bond donors (Lipinski definition) is 1. The van der Waals surface area contributed by atoms with Gasteiger partial charge in [-0.3, -0.25) is 0 Å². The molecule has 0 aliphatic carbocycles. The molecule has 3 nitrogen and oxygen atoms in total. The van der Waals surface area contributed by atoms with Crippen molar-refractivity contribution in [3.8, 4) is 11.5 Å². The Kier molecular flexibility index (Phi) is 4.12. The van der Waals surface area contributed by atoms with Gasteiger partial charge >= 0.3 is 0 Å². The first-order valence-electron chi connectivity index (χ1n) is 6.71. The van der Waals surface area contributed by atoms with Crippen LogP contribution in [0.25, 0.3) is 0 Å². The Morgan fingerprint density at radius 1 is 1.33 bits per heavy atom. The van der Waals surface area contributed by atoms with Crippen molar-refractivity contribution in [3.05, 3.63) is 23.8 Å². The average molecular weight is 249 g/mol. The predicted octanol–water partition coefficient (Wildman–Crippen LogP) is 2.78. The van der Waals surface area contributed by atoms with Gasteiger partial charge in [0, 0.05) is 5.54 Å². The fourth-order valence-electron chi connectivity index (χ4n) is 2.66. The van der Waals surface area contributed by atoms with Crippen molar-refractivity contribution in [2.24, 2.45) is 0 Å². The standard InChI is InChI=1S/C15H23NO2/c1-4-18-14-10-12(6-7-13(14)17-3)11-15(2)8-5-9-16-15/h6-7,10,16H,4-5,8-9,11H2,1-3H3. The smallest absolute Gasteiger partial charge is 0.161 e. The fraction of sp³-hybridized carbons (Fsp3) is 0.600. The van der Waals surface area contributed by atoms with Gasteiger partial charge in [0.1, 0.15) is 0 Å². The van der Waals surface area contributed by atoms with Crippen molar-refractivity contribution >= 4 is 0 Å². The lowest BCUT2D eigenvalue weighted by Gasteiger charge is -2.24. The van der Waals surface area contributed by atoms with E-state index in [-0.39, 0.29) is 5.54 Å². The van der Waals surface area contributed by atoms with Crippen LogP contribution in [-0.4, -0.2) is 25.8 Å². The van der Waals surface area contributed by atoms with Gasteiger partial charge in [-0.2, -0.15) is 0 Å². The second-order valence-corrected chi connectivity index (χ2v) is 5.19. The van der Waals surface area contributed by atoms with E-state index in [9.17, 15) is 0 Å². The first-order valence-corrected chi connectivity index (χ1v) is 6.71. The lowest BCUT2D eigenvalue weighted by Crippen LogP contribution is -2.38. The summed E-state index contributed by atoms with van der Waals surface area (Å²) < 4.78 is 10.9. The molecular formula is C15H23NO2. The third-order valence-electron chi connectivity index (χ3n) is 3.58. The van der Waals surface area contributed by atoms with Gasteiger partial charge < -0.3 is 14.8 Å². The second kappa shape index (κ2) is 5.61. The first-order chi connectivity index (χ1) is 8.67. The zero-order chi connectivity index (χ0) is 13.0. The van der Waals surface area contributed by atoms with Crippen LogP contribution >= 0.6 is 0 Å². The summed E-state index contributed by atoms with van der Waals surface area (Å²) in [7, 11) is 1.68. The van der Waals surface area contributed by atoms with E-state index < -0.39 is 0 Å². The highest BCUT2D eigenvalue weighted by Crippen LogP contribution is 2.31. The molecule has 1 atom stereocenters. The molecule has 0 amide bonds. The molecule has 1 fully saturated rings. The minimum atomic E-state index is 0.234. The highest BCUT2D eigenvalue weighted by molar-refractivity contribution is 5.43. The molecule has 1 aliphatic rings. The number of nitrogens with one attached hydrogen (secondary N) is 1. The molecule has 100 valence electrons. The molecular weight excluding hydrogens is 226 g/mol. The highest BCUT2D eigenvalue weighted by atomic mass is 16.5. The maximum atomic E-state index is 5.62. The maximum Gasteiger partial charge on any atom is 0.161 e. The molecule has 18 heavy (non-hydrogen) atoms.